The van der Waals surface area contributed by atoms with Crippen molar-refractivity contribution in [2.75, 3.05) is 49.6 Å². The lowest BCUT2D eigenvalue weighted by Crippen LogP contribution is -2.40. The highest BCUT2D eigenvalue weighted by atomic mass is 32.2. The van der Waals surface area contributed by atoms with Crippen molar-refractivity contribution >= 4 is 27.3 Å². The first-order chi connectivity index (χ1) is 15.5. The Morgan fingerprint density at radius 1 is 0.906 bits per heavy atom. The topological polar surface area (TPSA) is 79.0 Å². The van der Waals surface area contributed by atoms with E-state index in [0.29, 0.717) is 39.1 Å². The summed E-state index contributed by atoms with van der Waals surface area (Å²) in [6.45, 7) is 3.64. The van der Waals surface area contributed by atoms with Crippen molar-refractivity contribution < 1.29 is 17.9 Å². The maximum atomic E-state index is 12.7. The van der Waals surface area contributed by atoms with Crippen molar-refractivity contribution in [3.63, 3.8) is 0 Å². The Bertz CT molecular complexity index is 1010. The first-order valence-corrected chi connectivity index (χ1v) is 12.8. The molecule has 2 heterocycles. The molecule has 0 aliphatic carbocycles. The van der Waals surface area contributed by atoms with Gasteiger partial charge in [-0.2, -0.15) is 4.31 Å². The first kappa shape index (κ1) is 22.8. The van der Waals surface area contributed by atoms with E-state index in [1.807, 2.05) is 18.2 Å². The molecule has 0 saturated carbocycles. The van der Waals surface area contributed by atoms with Gasteiger partial charge in [-0.05, 0) is 55.5 Å². The van der Waals surface area contributed by atoms with Crippen LogP contribution in [-0.4, -0.2) is 58.0 Å². The third kappa shape index (κ3) is 5.49. The van der Waals surface area contributed by atoms with E-state index in [0.717, 1.165) is 30.0 Å². The minimum absolute atomic E-state index is 0.0422. The second-order valence-electron chi connectivity index (χ2n) is 8.27. The number of anilines is 2. The summed E-state index contributed by atoms with van der Waals surface area (Å²) in [5, 5.41) is 3.06. The molecule has 1 N–H and O–H groups in total. The molecule has 7 nitrogen and oxygen atoms in total. The Morgan fingerprint density at radius 3 is 2.31 bits per heavy atom. The van der Waals surface area contributed by atoms with E-state index in [1.165, 1.54) is 23.6 Å². The average molecular weight is 458 g/mol. The second-order valence-corrected chi connectivity index (χ2v) is 10.2. The molecule has 1 amide bonds. The first-order valence-electron chi connectivity index (χ1n) is 11.3. The minimum Gasteiger partial charge on any atom is -0.379 e. The molecular formula is C24H31N3O4S. The number of carbonyl (C=O) groups is 1. The Morgan fingerprint density at radius 2 is 1.59 bits per heavy atom. The Balaban J connectivity index is 1.34. The molecule has 2 aromatic rings. The average Bonchev–Trinajstić information content (AvgIpc) is 2.84. The number of piperidine rings is 1. The number of benzene rings is 2. The molecular weight excluding hydrogens is 426 g/mol. The molecule has 2 aromatic carbocycles. The molecule has 0 unspecified atom stereocenters. The third-order valence-electron chi connectivity index (χ3n) is 6.05. The molecule has 2 aliphatic heterocycles. The number of hydrogen-bond donors (Lipinski definition) is 1. The molecule has 172 valence electrons. The summed E-state index contributed by atoms with van der Waals surface area (Å²) in [5.74, 6) is -0.0422. The van der Waals surface area contributed by atoms with Crippen molar-refractivity contribution in [3.8, 4) is 0 Å². The number of carbonyl (C=O) groups excluding carboxylic acids is 1. The van der Waals surface area contributed by atoms with Gasteiger partial charge < -0.3 is 15.0 Å². The zero-order valence-electron chi connectivity index (χ0n) is 18.3. The van der Waals surface area contributed by atoms with E-state index in [2.05, 4.69) is 16.3 Å². The Kier molecular flexibility index (Phi) is 7.44. The van der Waals surface area contributed by atoms with E-state index < -0.39 is 10.0 Å². The van der Waals surface area contributed by atoms with Crippen LogP contribution < -0.4 is 10.2 Å². The third-order valence-corrected chi connectivity index (χ3v) is 7.96. The summed E-state index contributed by atoms with van der Waals surface area (Å²) in [6, 6.07) is 14.8. The lowest BCUT2D eigenvalue weighted by atomic mass is 10.1. The van der Waals surface area contributed by atoms with Gasteiger partial charge in [0.1, 0.15) is 0 Å². The van der Waals surface area contributed by atoms with Crippen LogP contribution in [0, 0.1) is 0 Å². The summed E-state index contributed by atoms with van der Waals surface area (Å²) < 4.78 is 32.2. The maximum absolute atomic E-state index is 12.7. The summed E-state index contributed by atoms with van der Waals surface area (Å²) in [7, 11) is -3.50. The smallest absolute Gasteiger partial charge is 0.243 e. The molecule has 0 radical (unpaired) electrons. The number of ether oxygens (including phenoxy) is 1. The van der Waals surface area contributed by atoms with Crippen molar-refractivity contribution in [3.05, 3.63) is 54.1 Å². The Labute approximate surface area is 190 Å². The lowest BCUT2D eigenvalue weighted by molar-refractivity contribution is -0.116. The minimum atomic E-state index is -3.50. The normalized spacial score (nSPS) is 17.8. The molecule has 32 heavy (non-hydrogen) atoms. The van der Waals surface area contributed by atoms with Crippen LogP contribution in [-0.2, 0) is 26.0 Å². The Hall–Kier alpha value is -2.42. The fourth-order valence-corrected chi connectivity index (χ4v) is 5.63. The van der Waals surface area contributed by atoms with Crippen LogP contribution in [0.4, 0.5) is 11.4 Å². The van der Waals surface area contributed by atoms with Crippen molar-refractivity contribution in [1.82, 2.24) is 4.31 Å². The van der Waals surface area contributed by atoms with Crippen LogP contribution in [0.25, 0.3) is 0 Å². The predicted octanol–water partition coefficient (Wildman–Crippen LogP) is 3.27. The number of sulfonamides is 1. The number of aryl methyl sites for hydroxylation is 1. The van der Waals surface area contributed by atoms with Crippen LogP contribution in [0.2, 0.25) is 0 Å². The van der Waals surface area contributed by atoms with Crippen LogP contribution in [0.1, 0.15) is 31.2 Å². The van der Waals surface area contributed by atoms with Gasteiger partial charge in [-0.1, -0.05) is 24.3 Å². The van der Waals surface area contributed by atoms with E-state index in [-0.39, 0.29) is 10.8 Å². The van der Waals surface area contributed by atoms with Gasteiger partial charge in [-0.3, -0.25) is 4.79 Å². The summed E-state index contributed by atoms with van der Waals surface area (Å²) >= 11 is 0. The van der Waals surface area contributed by atoms with Gasteiger partial charge >= 0.3 is 0 Å². The zero-order chi connectivity index (χ0) is 22.4. The number of nitrogens with zero attached hydrogens (tertiary/aromatic N) is 2. The SMILES string of the molecule is O=C(CCc1ccc(S(=O)(=O)N2CCOCC2)cc1)Nc1ccccc1N1CCCCC1. The number of morpholine rings is 1. The van der Waals surface area contributed by atoms with Crippen LogP contribution >= 0.6 is 0 Å². The van der Waals surface area contributed by atoms with Gasteiger partial charge in [0.2, 0.25) is 15.9 Å². The van der Waals surface area contributed by atoms with E-state index >= 15 is 0 Å². The molecule has 2 aliphatic rings. The monoisotopic (exact) mass is 457 g/mol. The summed E-state index contributed by atoms with van der Waals surface area (Å²) in [6.07, 6.45) is 4.51. The van der Waals surface area contributed by atoms with Gasteiger partial charge in [0.05, 0.1) is 29.5 Å². The standard InChI is InChI=1S/C24H31N3O4S/c28-24(25-22-6-2-3-7-23(22)26-14-4-1-5-15-26)13-10-20-8-11-21(12-9-20)32(29,30)27-16-18-31-19-17-27/h2-3,6-9,11-12H,1,4-5,10,13-19H2,(H,25,28). The molecule has 2 fully saturated rings. The number of para-hydroxylation sites is 2. The highest BCUT2D eigenvalue weighted by Crippen LogP contribution is 2.28. The number of hydrogen-bond acceptors (Lipinski definition) is 5. The van der Waals surface area contributed by atoms with Gasteiger partial charge in [0.15, 0.2) is 0 Å². The highest BCUT2D eigenvalue weighted by Gasteiger charge is 2.26. The van der Waals surface area contributed by atoms with Gasteiger partial charge in [0, 0.05) is 32.6 Å². The highest BCUT2D eigenvalue weighted by molar-refractivity contribution is 7.89. The van der Waals surface area contributed by atoms with Crippen LogP contribution in [0.15, 0.2) is 53.4 Å². The zero-order valence-corrected chi connectivity index (χ0v) is 19.1. The molecule has 8 heteroatoms. The largest absolute Gasteiger partial charge is 0.379 e. The van der Waals surface area contributed by atoms with Crippen molar-refractivity contribution in [1.29, 1.82) is 0 Å². The maximum Gasteiger partial charge on any atom is 0.243 e. The van der Waals surface area contributed by atoms with E-state index in [9.17, 15) is 13.2 Å². The second kappa shape index (κ2) is 10.5. The molecule has 0 spiro atoms. The molecule has 0 aromatic heterocycles. The van der Waals surface area contributed by atoms with Gasteiger partial charge in [0.25, 0.3) is 0 Å². The van der Waals surface area contributed by atoms with Crippen molar-refractivity contribution in [2.45, 2.75) is 37.0 Å². The molecule has 2 saturated heterocycles. The van der Waals surface area contributed by atoms with Crippen LogP contribution in [0.3, 0.4) is 0 Å². The van der Waals surface area contributed by atoms with Gasteiger partial charge in [-0.25, -0.2) is 8.42 Å². The number of amides is 1. The van der Waals surface area contributed by atoms with Crippen LogP contribution in [0.5, 0.6) is 0 Å². The molecule has 0 atom stereocenters. The number of rotatable bonds is 7. The van der Waals surface area contributed by atoms with E-state index in [1.54, 1.807) is 24.3 Å². The molecule has 0 bridgehead atoms. The summed E-state index contributed by atoms with van der Waals surface area (Å²) in [5.41, 5.74) is 2.87. The van der Waals surface area contributed by atoms with Crippen molar-refractivity contribution in [2.24, 2.45) is 0 Å². The summed E-state index contributed by atoms with van der Waals surface area (Å²) in [4.78, 5) is 15.2. The fraction of sp³-hybridized carbons (Fsp3) is 0.458. The predicted molar refractivity (Wildman–Crippen MR) is 125 cm³/mol. The quantitative estimate of drug-likeness (QED) is 0.690. The van der Waals surface area contributed by atoms with E-state index in [4.69, 9.17) is 4.74 Å². The van der Waals surface area contributed by atoms with Gasteiger partial charge in [-0.15, -0.1) is 0 Å². The number of nitrogens with one attached hydrogen (secondary N) is 1. The fourth-order valence-electron chi connectivity index (χ4n) is 4.22. The lowest BCUT2D eigenvalue weighted by Gasteiger charge is -2.30. The molecule has 4 rings (SSSR count).